The number of aliphatic imine (C=N–C) groups is 1. The van der Waals surface area contributed by atoms with Crippen molar-refractivity contribution >= 4 is 46.6 Å². The third-order valence-electron chi connectivity index (χ3n) is 4.11. The normalized spacial score (nSPS) is 11.0. The minimum Gasteiger partial charge on any atom is -0.497 e. The van der Waals surface area contributed by atoms with Gasteiger partial charge in [-0.3, -0.25) is 9.79 Å². The van der Waals surface area contributed by atoms with E-state index >= 15 is 0 Å². The molecule has 0 aliphatic carbocycles. The summed E-state index contributed by atoms with van der Waals surface area (Å²) in [5, 5.41) is 13.2. The van der Waals surface area contributed by atoms with E-state index in [4.69, 9.17) is 9.15 Å². The molecule has 0 bridgehead atoms. The lowest BCUT2D eigenvalue weighted by Crippen LogP contribution is -2.13. The summed E-state index contributed by atoms with van der Waals surface area (Å²) in [4.78, 5) is 17.7. The average Bonchev–Trinajstić information content (AvgIpc) is 3.49. The van der Waals surface area contributed by atoms with E-state index < -0.39 is 0 Å². The molecule has 1 amide bonds. The largest absolute Gasteiger partial charge is 0.497 e. The van der Waals surface area contributed by atoms with Crippen LogP contribution in [0.2, 0.25) is 0 Å². The highest BCUT2D eigenvalue weighted by Gasteiger charge is 2.11. The van der Waals surface area contributed by atoms with E-state index in [0.717, 1.165) is 21.9 Å². The van der Waals surface area contributed by atoms with Crippen LogP contribution in [0.25, 0.3) is 11.5 Å². The van der Waals surface area contributed by atoms with Crippen molar-refractivity contribution in [1.82, 2.24) is 10.2 Å². The van der Waals surface area contributed by atoms with Gasteiger partial charge < -0.3 is 14.5 Å². The van der Waals surface area contributed by atoms with Gasteiger partial charge in [0.1, 0.15) is 5.75 Å². The number of nitrogens with one attached hydrogen (secondary N) is 1. The first-order chi connectivity index (χ1) is 15.2. The molecule has 9 heteroatoms. The Kier molecular flexibility index (Phi) is 6.75. The van der Waals surface area contributed by atoms with Crippen molar-refractivity contribution in [1.29, 1.82) is 0 Å². The van der Waals surface area contributed by atoms with Crippen LogP contribution in [0, 0.1) is 0 Å². The Morgan fingerprint density at radius 1 is 1.16 bits per heavy atom. The molecule has 0 fully saturated rings. The molecule has 2 heterocycles. The van der Waals surface area contributed by atoms with Crippen molar-refractivity contribution in [3.8, 4) is 17.2 Å². The molecule has 0 unspecified atom stereocenters. The number of aromatic nitrogens is 2. The van der Waals surface area contributed by atoms with E-state index in [9.17, 15) is 4.79 Å². The second-order valence-electron chi connectivity index (χ2n) is 6.26. The van der Waals surface area contributed by atoms with E-state index in [1.54, 1.807) is 42.7 Å². The van der Waals surface area contributed by atoms with Crippen LogP contribution < -0.4 is 10.1 Å². The Morgan fingerprint density at radius 3 is 2.68 bits per heavy atom. The Hall–Kier alpha value is -3.43. The maximum atomic E-state index is 12.1. The summed E-state index contributed by atoms with van der Waals surface area (Å²) in [6.45, 7) is 0. The van der Waals surface area contributed by atoms with Gasteiger partial charge in [0.2, 0.25) is 11.8 Å². The van der Waals surface area contributed by atoms with Crippen LogP contribution in [0.5, 0.6) is 5.75 Å². The molecule has 0 saturated heterocycles. The molecule has 0 spiro atoms. The first-order valence-electron chi connectivity index (χ1n) is 9.28. The van der Waals surface area contributed by atoms with Gasteiger partial charge >= 0.3 is 0 Å². The van der Waals surface area contributed by atoms with E-state index in [0.29, 0.717) is 16.8 Å². The maximum absolute atomic E-state index is 12.1. The number of anilines is 1. The number of thioether (sulfide) groups is 1. The number of amides is 1. The zero-order valence-corrected chi connectivity index (χ0v) is 18.2. The van der Waals surface area contributed by atoms with Crippen LogP contribution in [-0.2, 0) is 4.79 Å². The van der Waals surface area contributed by atoms with E-state index in [1.165, 1.54) is 11.8 Å². The number of carbonyl (C=O) groups is 1. The van der Waals surface area contributed by atoms with Gasteiger partial charge in [-0.2, -0.15) is 0 Å². The van der Waals surface area contributed by atoms with Crippen LogP contribution in [0.1, 0.15) is 4.88 Å². The van der Waals surface area contributed by atoms with E-state index in [-0.39, 0.29) is 11.7 Å². The molecule has 0 saturated carbocycles. The molecular weight excluding hydrogens is 432 g/mol. The summed E-state index contributed by atoms with van der Waals surface area (Å²) in [6, 6.07) is 18.6. The van der Waals surface area contributed by atoms with Gasteiger partial charge in [-0.05, 0) is 60.0 Å². The molecule has 2 aromatic heterocycles. The van der Waals surface area contributed by atoms with Crippen LogP contribution in [0.15, 0.2) is 80.7 Å². The van der Waals surface area contributed by atoms with Crippen LogP contribution in [-0.4, -0.2) is 35.2 Å². The number of nitrogens with zero attached hydrogens (tertiary/aromatic N) is 3. The SMILES string of the molecule is COc1ccc(NC(=O)CSc2nnc(-c3ccc(N=Cc4cccs4)cc3)o2)cc1. The van der Waals surface area contributed by atoms with Crippen molar-refractivity contribution in [3.63, 3.8) is 0 Å². The third kappa shape index (κ3) is 5.80. The Bertz CT molecular complexity index is 1150. The molecule has 0 aliphatic rings. The maximum Gasteiger partial charge on any atom is 0.277 e. The van der Waals surface area contributed by atoms with Crippen LogP contribution in [0.3, 0.4) is 0 Å². The fraction of sp³-hybridized carbons (Fsp3) is 0.0909. The van der Waals surface area contributed by atoms with Crippen molar-refractivity contribution in [2.45, 2.75) is 5.22 Å². The summed E-state index contributed by atoms with van der Waals surface area (Å²) in [5.41, 5.74) is 2.32. The third-order valence-corrected chi connectivity index (χ3v) is 5.73. The van der Waals surface area contributed by atoms with Gasteiger partial charge in [-0.15, -0.1) is 21.5 Å². The predicted octanol–water partition coefficient (Wildman–Crippen LogP) is 5.29. The van der Waals surface area contributed by atoms with Gasteiger partial charge in [-0.1, -0.05) is 17.8 Å². The fourth-order valence-corrected chi connectivity index (χ4v) is 3.72. The summed E-state index contributed by atoms with van der Waals surface area (Å²) in [7, 11) is 1.59. The monoisotopic (exact) mass is 450 g/mol. The van der Waals surface area contributed by atoms with E-state index in [2.05, 4.69) is 20.5 Å². The first kappa shape index (κ1) is 20.8. The molecule has 156 valence electrons. The first-order valence-corrected chi connectivity index (χ1v) is 11.1. The number of hydrogen-bond acceptors (Lipinski definition) is 8. The number of ether oxygens (including phenoxy) is 1. The van der Waals surface area contributed by atoms with Gasteiger partial charge in [0.25, 0.3) is 5.22 Å². The van der Waals surface area contributed by atoms with E-state index in [1.807, 2.05) is 48.0 Å². The summed E-state index contributed by atoms with van der Waals surface area (Å²) in [6.07, 6.45) is 1.83. The molecule has 0 atom stereocenters. The Balaban J connectivity index is 1.30. The molecule has 1 N–H and O–H groups in total. The van der Waals surface area contributed by atoms with Crippen LogP contribution in [0.4, 0.5) is 11.4 Å². The molecule has 0 radical (unpaired) electrons. The molecule has 2 aromatic carbocycles. The lowest BCUT2D eigenvalue weighted by atomic mass is 10.2. The lowest BCUT2D eigenvalue weighted by Gasteiger charge is -2.05. The predicted molar refractivity (Wildman–Crippen MR) is 124 cm³/mol. The van der Waals surface area contributed by atoms with Crippen molar-refractivity contribution in [2.75, 3.05) is 18.2 Å². The standard InChI is InChI=1S/C22H18N4O3S2/c1-28-18-10-8-17(9-11-18)24-20(27)14-31-22-26-25-21(29-22)15-4-6-16(7-5-15)23-13-19-3-2-12-30-19/h2-13H,14H2,1H3,(H,24,27). The second kappa shape index (κ2) is 10.1. The number of methoxy groups -OCH3 is 1. The van der Waals surface area contributed by atoms with Gasteiger partial charge in [-0.25, -0.2) is 0 Å². The fourth-order valence-electron chi connectivity index (χ4n) is 2.58. The number of thiophene rings is 1. The summed E-state index contributed by atoms with van der Waals surface area (Å²) in [5.74, 6) is 1.12. The number of benzene rings is 2. The van der Waals surface area contributed by atoms with Gasteiger partial charge in [0.15, 0.2) is 0 Å². The highest BCUT2D eigenvalue weighted by atomic mass is 32.2. The highest BCUT2D eigenvalue weighted by Crippen LogP contribution is 2.25. The molecule has 4 rings (SSSR count). The molecule has 7 nitrogen and oxygen atoms in total. The average molecular weight is 451 g/mol. The van der Waals surface area contributed by atoms with Gasteiger partial charge in [0.05, 0.1) is 18.6 Å². The quantitative estimate of drug-likeness (QED) is 0.290. The number of hydrogen-bond donors (Lipinski definition) is 1. The number of carbonyl (C=O) groups excluding carboxylic acids is 1. The Labute approximate surface area is 187 Å². The minimum absolute atomic E-state index is 0.157. The molecule has 31 heavy (non-hydrogen) atoms. The lowest BCUT2D eigenvalue weighted by molar-refractivity contribution is -0.113. The Morgan fingerprint density at radius 2 is 1.97 bits per heavy atom. The molecule has 4 aromatic rings. The van der Waals surface area contributed by atoms with Crippen LogP contribution >= 0.6 is 23.1 Å². The molecular formula is C22H18N4O3S2. The second-order valence-corrected chi connectivity index (χ2v) is 8.16. The topological polar surface area (TPSA) is 89.6 Å². The smallest absolute Gasteiger partial charge is 0.277 e. The zero-order valence-electron chi connectivity index (χ0n) is 16.5. The zero-order chi connectivity index (χ0) is 21.5. The minimum atomic E-state index is -0.164. The molecule has 0 aliphatic heterocycles. The van der Waals surface area contributed by atoms with Crippen molar-refractivity contribution in [3.05, 3.63) is 70.9 Å². The van der Waals surface area contributed by atoms with Crippen molar-refractivity contribution in [2.24, 2.45) is 4.99 Å². The summed E-state index contributed by atoms with van der Waals surface area (Å²) >= 11 is 2.82. The van der Waals surface area contributed by atoms with Gasteiger partial charge in [0, 0.05) is 22.3 Å². The summed E-state index contributed by atoms with van der Waals surface area (Å²) < 4.78 is 10.8. The van der Waals surface area contributed by atoms with Crippen molar-refractivity contribution < 1.29 is 13.9 Å². The highest BCUT2D eigenvalue weighted by molar-refractivity contribution is 7.99. The number of rotatable bonds is 8.